The van der Waals surface area contributed by atoms with Gasteiger partial charge in [0.05, 0.1) is 6.04 Å². The number of anilines is 1. The average Bonchev–Trinajstić information content (AvgIpc) is 2.96. The molecule has 0 saturated carbocycles. The van der Waals surface area contributed by atoms with E-state index >= 15 is 0 Å². The molecule has 1 heterocycles. The fourth-order valence-corrected chi connectivity index (χ4v) is 3.06. The number of carbonyl (C=O) groups is 1. The van der Waals surface area contributed by atoms with Crippen molar-refractivity contribution < 1.29 is 4.79 Å². The molecule has 2 atom stereocenters. The number of hydrogen-bond donors (Lipinski definition) is 1. The molecule has 0 radical (unpaired) electrons. The van der Waals surface area contributed by atoms with Crippen LogP contribution in [-0.4, -0.2) is 45.0 Å². The van der Waals surface area contributed by atoms with E-state index in [1.165, 1.54) is 11.3 Å². The molecule has 1 fully saturated rings. The molecular formula is C17H29Cl2N3O. The number of carbonyl (C=O) groups excluding carboxylic acids is 1. The van der Waals surface area contributed by atoms with Gasteiger partial charge >= 0.3 is 0 Å². The third-order valence-electron chi connectivity index (χ3n) is 4.24. The summed E-state index contributed by atoms with van der Waals surface area (Å²) in [5, 5.41) is 3.10. The van der Waals surface area contributed by atoms with E-state index in [0.717, 1.165) is 25.9 Å². The minimum absolute atomic E-state index is 0. The van der Waals surface area contributed by atoms with Gasteiger partial charge in [-0.15, -0.1) is 24.8 Å². The van der Waals surface area contributed by atoms with Crippen molar-refractivity contribution in [1.29, 1.82) is 0 Å². The SMILES string of the molecule is CNCC(C)C(=O)N1CCCC1c1cccc(N(C)C)c1.Cl.Cl. The Bertz CT molecular complexity index is 496. The van der Waals surface area contributed by atoms with Crippen LogP contribution in [0.25, 0.3) is 0 Å². The van der Waals surface area contributed by atoms with E-state index in [9.17, 15) is 4.79 Å². The van der Waals surface area contributed by atoms with Gasteiger partial charge in [-0.2, -0.15) is 0 Å². The van der Waals surface area contributed by atoms with E-state index in [1.54, 1.807) is 0 Å². The lowest BCUT2D eigenvalue weighted by Crippen LogP contribution is -2.38. The van der Waals surface area contributed by atoms with E-state index < -0.39 is 0 Å². The zero-order chi connectivity index (χ0) is 15.4. The molecule has 4 nitrogen and oxygen atoms in total. The van der Waals surface area contributed by atoms with Gasteiger partial charge in [-0.1, -0.05) is 19.1 Å². The molecule has 1 aliphatic heterocycles. The Morgan fingerprint density at radius 1 is 1.39 bits per heavy atom. The molecule has 6 heteroatoms. The molecule has 0 aliphatic carbocycles. The molecule has 1 N–H and O–H groups in total. The Balaban J connectivity index is 0.00000242. The Kier molecular flexibility index (Phi) is 9.59. The second-order valence-corrected chi connectivity index (χ2v) is 6.14. The molecule has 0 spiro atoms. The highest BCUT2D eigenvalue weighted by molar-refractivity contribution is 5.85. The molecule has 1 amide bonds. The van der Waals surface area contributed by atoms with Crippen LogP contribution in [0.2, 0.25) is 0 Å². The van der Waals surface area contributed by atoms with E-state index in [2.05, 4.69) is 39.4 Å². The average molecular weight is 362 g/mol. The first-order chi connectivity index (χ1) is 10.0. The van der Waals surface area contributed by atoms with Gasteiger partial charge in [-0.3, -0.25) is 4.79 Å². The van der Waals surface area contributed by atoms with E-state index in [-0.39, 0.29) is 42.7 Å². The van der Waals surface area contributed by atoms with Gasteiger partial charge in [-0.05, 0) is 37.6 Å². The maximum absolute atomic E-state index is 12.6. The number of nitrogens with zero attached hydrogens (tertiary/aromatic N) is 2. The summed E-state index contributed by atoms with van der Waals surface area (Å²) in [5.41, 5.74) is 2.44. The Hall–Kier alpha value is -0.970. The number of rotatable bonds is 5. The Labute approximate surface area is 152 Å². The van der Waals surface area contributed by atoms with Crippen molar-refractivity contribution in [3.05, 3.63) is 29.8 Å². The lowest BCUT2D eigenvalue weighted by molar-refractivity contribution is -0.135. The van der Waals surface area contributed by atoms with Gasteiger partial charge in [0.15, 0.2) is 0 Å². The van der Waals surface area contributed by atoms with E-state index in [4.69, 9.17) is 0 Å². The molecule has 0 bridgehead atoms. The summed E-state index contributed by atoms with van der Waals surface area (Å²) in [6.07, 6.45) is 2.16. The van der Waals surface area contributed by atoms with Crippen LogP contribution < -0.4 is 10.2 Å². The van der Waals surface area contributed by atoms with Crippen molar-refractivity contribution in [2.24, 2.45) is 5.92 Å². The topological polar surface area (TPSA) is 35.6 Å². The van der Waals surface area contributed by atoms with Crippen molar-refractivity contribution in [1.82, 2.24) is 10.2 Å². The van der Waals surface area contributed by atoms with Crippen LogP contribution in [-0.2, 0) is 4.79 Å². The number of amides is 1. The predicted molar refractivity (Wildman–Crippen MR) is 102 cm³/mol. The molecule has 0 aromatic heterocycles. The number of likely N-dealkylation sites (tertiary alicyclic amines) is 1. The first-order valence-corrected chi connectivity index (χ1v) is 7.77. The van der Waals surface area contributed by atoms with Crippen molar-refractivity contribution in [2.75, 3.05) is 39.1 Å². The Morgan fingerprint density at radius 2 is 2.09 bits per heavy atom. The molecule has 2 rings (SSSR count). The molecule has 23 heavy (non-hydrogen) atoms. The maximum atomic E-state index is 12.6. The van der Waals surface area contributed by atoms with Crippen LogP contribution in [0.5, 0.6) is 0 Å². The minimum Gasteiger partial charge on any atom is -0.378 e. The predicted octanol–water partition coefficient (Wildman–Crippen LogP) is 3.12. The number of halogens is 2. The monoisotopic (exact) mass is 361 g/mol. The quantitative estimate of drug-likeness (QED) is 0.874. The van der Waals surface area contributed by atoms with Crippen LogP contribution in [0, 0.1) is 5.92 Å². The summed E-state index contributed by atoms with van der Waals surface area (Å²) in [7, 11) is 5.99. The molecule has 1 aliphatic rings. The van der Waals surface area contributed by atoms with Crippen molar-refractivity contribution >= 4 is 36.4 Å². The van der Waals surface area contributed by atoms with Crippen molar-refractivity contribution in [2.45, 2.75) is 25.8 Å². The fraction of sp³-hybridized carbons (Fsp3) is 0.588. The van der Waals surface area contributed by atoms with Gasteiger partial charge in [0.25, 0.3) is 0 Å². The summed E-state index contributed by atoms with van der Waals surface area (Å²) >= 11 is 0. The highest BCUT2D eigenvalue weighted by Crippen LogP contribution is 2.34. The second kappa shape index (κ2) is 10.0. The van der Waals surface area contributed by atoms with Crippen LogP contribution >= 0.6 is 24.8 Å². The number of nitrogens with one attached hydrogen (secondary N) is 1. The second-order valence-electron chi connectivity index (χ2n) is 6.14. The molecular weight excluding hydrogens is 333 g/mol. The summed E-state index contributed by atoms with van der Waals surface area (Å²) in [6.45, 7) is 3.62. The van der Waals surface area contributed by atoms with Gasteiger partial charge < -0.3 is 15.1 Å². The first-order valence-electron chi connectivity index (χ1n) is 7.77. The standard InChI is InChI=1S/C17H27N3O.2ClH/c1-13(12-18-2)17(21)20-10-6-9-16(20)14-7-5-8-15(11-14)19(3)4;;/h5,7-8,11,13,16,18H,6,9-10,12H2,1-4H3;2*1H. The van der Waals surface area contributed by atoms with E-state index in [0.29, 0.717) is 0 Å². The lowest BCUT2D eigenvalue weighted by atomic mass is 10.0. The van der Waals surface area contributed by atoms with Gasteiger partial charge in [0.2, 0.25) is 5.91 Å². The van der Waals surface area contributed by atoms with Gasteiger partial charge in [0.1, 0.15) is 0 Å². The third kappa shape index (κ3) is 5.27. The summed E-state index contributed by atoms with van der Waals surface area (Å²) < 4.78 is 0. The van der Waals surface area contributed by atoms with Crippen molar-refractivity contribution in [3.63, 3.8) is 0 Å². The largest absolute Gasteiger partial charge is 0.378 e. The number of benzene rings is 1. The lowest BCUT2D eigenvalue weighted by Gasteiger charge is -2.28. The van der Waals surface area contributed by atoms with Gasteiger partial charge in [0, 0.05) is 38.8 Å². The molecule has 1 aromatic rings. The third-order valence-corrected chi connectivity index (χ3v) is 4.24. The molecule has 132 valence electrons. The zero-order valence-corrected chi connectivity index (χ0v) is 16.0. The summed E-state index contributed by atoms with van der Waals surface area (Å²) in [4.78, 5) is 16.8. The molecule has 2 unspecified atom stereocenters. The van der Waals surface area contributed by atoms with Crippen LogP contribution in [0.3, 0.4) is 0 Å². The minimum atomic E-state index is 0. The maximum Gasteiger partial charge on any atom is 0.227 e. The van der Waals surface area contributed by atoms with Gasteiger partial charge in [-0.25, -0.2) is 0 Å². The van der Waals surface area contributed by atoms with Crippen LogP contribution in [0.1, 0.15) is 31.4 Å². The molecule has 1 saturated heterocycles. The van der Waals surface area contributed by atoms with Crippen LogP contribution in [0.4, 0.5) is 5.69 Å². The summed E-state index contributed by atoms with van der Waals surface area (Å²) in [6, 6.07) is 8.78. The Morgan fingerprint density at radius 3 is 2.70 bits per heavy atom. The molecule has 1 aromatic carbocycles. The zero-order valence-electron chi connectivity index (χ0n) is 14.4. The normalized spacial score (nSPS) is 17.9. The smallest absolute Gasteiger partial charge is 0.227 e. The summed E-state index contributed by atoms with van der Waals surface area (Å²) in [5.74, 6) is 0.301. The van der Waals surface area contributed by atoms with Crippen molar-refractivity contribution in [3.8, 4) is 0 Å². The first kappa shape index (κ1) is 22.0. The fourth-order valence-electron chi connectivity index (χ4n) is 3.06. The van der Waals surface area contributed by atoms with Crippen LogP contribution in [0.15, 0.2) is 24.3 Å². The highest BCUT2D eigenvalue weighted by atomic mass is 35.5. The van der Waals surface area contributed by atoms with E-state index in [1.807, 2.05) is 28.1 Å². The highest BCUT2D eigenvalue weighted by Gasteiger charge is 2.32. The number of hydrogen-bond acceptors (Lipinski definition) is 3.